The molecule has 1 heterocycles. The SMILES string of the molecule is Cc1ncc(CN(C)S(=O)(=O)c2ccccc2F)s1. The van der Waals surface area contributed by atoms with E-state index in [0.29, 0.717) is 0 Å². The van der Waals surface area contributed by atoms with Gasteiger partial charge in [-0.25, -0.2) is 17.8 Å². The Kier molecular flexibility index (Phi) is 3.98. The van der Waals surface area contributed by atoms with Crippen molar-refractivity contribution in [2.24, 2.45) is 0 Å². The summed E-state index contributed by atoms with van der Waals surface area (Å²) < 4.78 is 39.2. The summed E-state index contributed by atoms with van der Waals surface area (Å²) in [5, 5.41) is 0.867. The molecule has 2 rings (SSSR count). The number of aromatic nitrogens is 1. The van der Waals surface area contributed by atoms with Gasteiger partial charge in [-0.3, -0.25) is 0 Å². The van der Waals surface area contributed by atoms with Crippen LogP contribution < -0.4 is 0 Å². The normalized spacial score (nSPS) is 12.0. The van der Waals surface area contributed by atoms with Gasteiger partial charge in [0.25, 0.3) is 0 Å². The van der Waals surface area contributed by atoms with Gasteiger partial charge in [0.15, 0.2) is 0 Å². The summed E-state index contributed by atoms with van der Waals surface area (Å²) in [4.78, 5) is 4.58. The average molecular weight is 300 g/mol. The molecule has 0 aliphatic carbocycles. The van der Waals surface area contributed by atoms with Gasteiger partial charge in [0, 0.05) is 24.7 Å². The number of hydrogen-bond acceptors (Lipinski definition) is 4. The number of benzene rings is 1. The van der Waals surface area contributed by atoms with Crippen molar-refractivity contribution in [2.45, 2.75) is 18.4 Å². The Bertz CT molecular complexity index is 683. The third-order valence-corrected chi connectivity index (χ3v) is 5.31. The molecule has 1 aromatic carbocycles. The third-order valence-electron chi connectivity index (χ3n) is 2.57. The summed E-state index contributed by atoms with van der Waals surface area (Å²) in [5.74, 6) is -0.741. The minimum absolute atomic E-state index is 0.183. The molecule has 19 heavy (non-hydrogen) atoms. The first-order valence-electron chi connectivity index (χ1n) is 5.53. The summed E-state index contributed by atoms with van der Waals surface area (Å²) in [6.07, 6.45) is 1.63. The lowest BCUT2D eigenvalue weighted by atomic mass is 10.4. The van der Waals surface area contributed by atoms with Crippen LogP contribution in [0.2, 0.25) is 0 Å². The standard InChI is InChI=1S/C12H13FN2O2S2/c1-9-14-7-10(18-9)8-15(2)19(16,17)12-6-4-3-5-11(12)13/h3-7H,8H2,1-2H3. The summed E-state index contributed by atoms with van der Waals surface area (Å²) in [7, 11) is -2.39. The molecule has 102 valence electrons. The smallest absolute Gasteiger partial charge is 0.246 e. The van der Waals surface area contributed by atoms with Crippen LogP contribution >= 0.6 is 11.3 Å². The van der Waals surface area contributed by atoms with Gasteiger partial charge in [-0.1, -0.05) is 12.1 Å². The molecule has 0 aliphatic heterocycles. The Balaban J connectivity index is 2.27. The van der Waals surface area contributed by atoms with Gasteiger partial charge >= 0.3 is 0 Å². The molecule has 4 nitrogen and oxygen atoms in total. The van der Waals surface area contributed by atoms with Crippen molar-refractivity contribution in [2.75, 3.05) is 7.05 Å². The second-order valence-corrected chi connectivity index (χ2v) is 7.37. The van der Waals surface area contributed by atoms with Crippen LogP contribution in [0, 0.1) is 12.7 Å². The monoisotopic (exact) mass is 300 g/mol. The van der Waals surface area contributed by atoms with Gasteiger partial charge in [-0.2, -0.15) is 4.31 Å². The van der Waals surface area contributed by atoms with E-state index < -0.39 is 15.8 Å². The fourth-order valence-electron chi connectivity index (χ4n) is 1.60. The number of sulfonamides is 1. The van der Waals surface area contributed by atoms with E-state index in [1.165, 1.54) is 36.6 Å². The molecular weight excluding hydrogens is 287 g/mol. The molecule has 0 fully saturated rings. The fourth-order valence-corrected chi connectivity index (χ4v) is 3.74. The van der Waals surface area contributed by atoms with E-state index >= 15 is 0 Å². The van der Waals surface area contributed by atoms with Crippen LogP contribution in [0.3, 0.4) is 0 Å². The third kappa shape index (κ3) is 2.99. The molecule has 1 aromatic heterocycles. The predicted molar refractivity (Wildman–Crippen MR) is 71.9 cm³/mol. The Hall–Kier alpha value is -1.31. The Labute approximate surface area is 115 Å². The molecule has 0 spiro atoms. The molecule has 0 N–H and O–H groups in total. The van der Waals surface area contributed by atoms with Crippen LogP contribution in [-0.2, 0) is 16.6 Å². The lowest BCUT2D eigenvalue weighted by Crippen LogP contribution is -2.26. The first-order chi connectivity index (χ1) is 8.91. The number of rotatable bonds is 4. The van der Waals surface area contributed by atoms with E-state index in [-0.39, 0.29) is 11.4 Å². The molecule has 0 aliphatic rings. The fraction of sp³-hybridized carbons (Fsp3) is 0.250. The summed E-state index contributed by atoms with van der Waals surface area (Å²) >= 11 is 1.42. The maximum atomic E-state index is 13.6. The quantitative estimate of drug-likeness (QED) is 0.871. The topological polar surface area (TPSA) is 50.3 Å². The molecule has 0 atom stereocenters. The van der Waals surface area contributed by atoms with Crippen LogP contribution in [-0.4, -0.2) is 24.8 Å². The maximum absolute atomic E-state index is 13.6. The van der Waals surface area contributed by atoms with E-state index in [9.17, 15) is 12.8 Å². The maximum Gasteiger partial charge on any atom is 0.246 e. The van der Waals surface area contributed by atoms with Crippen LogP contribution in [0.1, 0.15) is 9.88 Å². The first kappa shape index (κ1) is 14.1. The Morgan fingerprint density at radius 1 is 1.37 bits per heavy atom. The first-order valence-corrected chi connectivity index (χ1v) is 7.79. The Morgan fingerprint density at radius 3 is 2.63 bits per heavy atom. The van der Waals surface area contributed by atoms with E-state index in [2.05, 4.69) is 4.98 Å². The number of thiazole rings is 1. The second-order valence-electron chi connectivity index (χ2n) is 4.04. The Morgan fingerprint density at radius 2 is 2.05 bits per heavy atom. The molecule has 0 radical (unpaired) electrons. The number of hydrogen-bond donors (Lipinski definition) is 0. The molecule has 0 saturated carbocycles. The van der Waals surface area contributed by atoms with Crippen LogP contribution in [0.25, 0.3) is 0 Å². The zero-order chi connectivity index (χ0) is 14.0. The number of nitrogens with zero attached hydrogens (tertiary/aromatic N) is 2. The molecular formula is C12H13FN2O2S2. The molecule has 2 aromatic rings. The zero-order valence-corrected chi connectivity index (χ0v) is 12.1. The molecule has 7 heteroatoms. The predicted octanol–water partition coefficient (Wildman–Crippen LogP) is 2.41. The van der Waals surface area contributed by atoms with Crippen molar-refractivity contribution in [3.05, 3.63) is 46.2 Å². The van der Waals surface area contributed by atoms with Crippen LogP contribution in [0.5, 0.6) is 0 Å². The zero-order valence-electron chi connectivity index (χ0n) is 10.5. The summed E-state index contributed by atoms with van der Waals surface area (Å²) in [6.45, 7) is 2.03. The summed E-state index contributed by atoms with van der Waals surface area (Å²) in [6, 6.07) is 5.36. The van der Waals surface area contributed by atoms with Crippen molar-refractivity contribution in [1.29, 1.82) is 0 Å². The largest absolute Gasteiger partial charge is 0.250 e. The highest BCUT2D eigenvalue weighted by molar-refractivity contribution is 7.89. The highest BCUT2D eigenvalue weighted by atomic mass is 32.2. The highest BCUT2D eigenvalue weighted by Gasteiger charge is 2.24. The lowest BCUT2D eigenvalue weighted by molar-refractivity contribution is 0.462. The van der Waals surface area contributed by atoms with Crippen molar-refractivity contribution in [3.8, 4) is 0 Å². The summed E-state index contributed by atoms with van der Waals surface area (Å²) in [5.41, 5.74) is 0. The van der Waals surface area contributed by atoms with Gasteiger partial charge < -0.3 is 0 Å². The van der Waals surface area contributed by atoms with Gasteiger partial charge in [0.2, 0.25) is 10.0 Å². The second kappa shape index (κ2) is 5.36. The van der Waals surface area contributed by atoms with Crippen LogP contribution in [0.15, 0.2) is 35.4 Å². The van der Waals surface area contributed by atoms with E-state index in [0.717, 1.165) is 20.3 Å². The van der Waals surface area contributed by atoms with Crippen molar-refractivity contribution in [1.82, 2.24) is 9.29 Å². The minimum atomic E-state index is -3.82. The molecule has 0 unspecified atom stereocenters. The van der Waals surface area contributed by atoms with E-state index in [1.807, 2.05) is 6.92 Å². The van der Waals surface area contributed by atoms with Crippen molar-refractivity contribution >= 4 is 21.4 Å². The molecule has 0 saturated heterocycles. The van der Waals surface area contributed by atoms with Crippen molar-refractivity contribution in [3.63, 3.8) is 0 Å². The molecule has 0 amide bonds. The van der Waals surface area contributed by atoms with Crippen molar-refractivity contribution < 1.29 is 12.8 Å². The lowest BCUT2D eigenvalue weighted by Gasteiger charge is -2.16. The van der Waals surface area contributed by atoms with E-state index in [1.54, 1.807) is 6.20 Å². The number of halogens is 1. The van der Waals surface area contributed by atoms with E-state index in [4.69, 9.17) is 0 Å². The van der Waals surface area contributed by atoms with Gasteiger partial charge in [0.05, 0.1) is 5.01 Å². The molecule has 0 bridgehead atoms. The number of aryl methyl sites for hydroxylation is 1. The average Bonchev–Trinajstić information content (AvgIpc) is 2.75. The minimum Gasteiger partial charge on any atom is -0.250 e. The van der Waals surface area contributed by atoms with Crippen LogP contribution in [0.4, 0.5) is 4.39 Å². The van der Waals surface area contributed by atoms with Gasteiger partial charge in [-0.05, 0) is 19.1 Å². The van der Waals surface area contributed by atoms with Gasteiger partial charge in [0.1, 0.15) is 10.7 Å². The van der Waals surface area contributed by atoms with Gasteiger partial charge in [-0.15, -0.1) is 11.3 Å². The highest BCUT2D eigenvalue weighted by Crippen LogP contribution is 2.21.